The third-order valence-electron chi connectivity index (χ3n) is 1.86. The molecule has 0 radical (unpaired) electrons. The van der Waals surface area contributed by atoms with Crippen LogP contribution in [-0.2, 0) is 0 Å². The molecular weight excluding hydrogens is 220 g/mol. The van der Waals surface area contributed by atoms with Crippen molar-refractivity contribution in [2.45, 2.75) is 0 Å². The van der Waals surface area contributed by atoms with E-state index in [1.807, 2.05) is 0 Å². The van der Waals surface area contributed by atoms with E-state index in [9.17, 15) is 10.1 Å². The Morgan fingerprint density at radius 2 is 2.27 bits per heavy atom. The molecular formula is C9H5ClN2O3. The van der Waals surface area contributed by atoms with Gasteiger partial charge in [0.25, 0.3) is 5.69 Å². The molecule has 0 aliphatic heterocycles. The van der Waals surface area contributed by atoms with Gasteiger partial charge in [0.15, 0.2) is 12.2 Å². The zero-order chi connectivity index (χ0) is 10.8. The minimum absolute atomic E-state index is 0.0525. The van der Waals surface area contributed by atoms with Crippen LogP contribution in [0.1, 0.15) is 0 Å². The lowest BCUT2D eigenvalue weighted by Gasteiger charge is -1.99. The molecule has 0 amide bonds. The molecule has 0 atom stereocenters. The van der Waals surface area contributed by atoms with Crippen LogP contribution in [-0.4, -0.2) is 9.91 Å². The van der Waals surface area contributed by atoms with E-state index in [0.717, 1.165) is 0 Å². The monoisotopic (exact) mass is 224 g/mol. The molecule has 0 aliphatic rings. The normalized spacial score (nSPS) is 10.2. The van der Waals surface area contributed by atoms with Gasteiger partial charge in [0, 0.05) is 17.7 Å². The van der Waals surface area contributed by atoms with E-state index in [4.69, 9.17) is 16.0 Å². The maximum absolute atomic E-state index is 10.5. The topological polar surface area (TPSA) is 69.2 Å². The number of nitro groups is 1. The van der Waals surface area contributed by atoms with Crippen molar-refractivity contribution in [1.29, 1.82) is 0 Å². The molecule has 1 heterocycles. The molecule has 0 aliphatic carbocycles. The lowest BCUT2D eigenvalue weighted by Crippen LogP contribution is -1.88. The SMILES string of the molecule is O=[N+]([O-])c1ccc(-c2cnco2)c(Cl)c1. The number of nitro benzene ring substituents is 1. The molecule has 0 N–H and O–H groups in total. The number of aromatic nitrogens is 1. The Balaban J connectivity index is 2.48. The quantitative estimate of drug-likeness (QED) is 0.581. The van der Waals surface area contributed by atoms with Crippen molar-refractivity contribution in [2.24, 2.45) is 0 Å². The average molecular weight is 225 g/mol. The Labute approximate surface area is 89.5 Å². The number of non-ortho nitro benzene ring substituents is 1. The zero-order valence-electron chi connectivity index (χ0n) is 7.38. The number of nitrogens with zero attached hydrogens (tertiary/aromatic N) is 2. The molecule has 5 nitrogen and oxygen atoms in total. The summed E-state index contributed by atoms with van der Waals surface area (Å²) in [5.74, 6) is 0.481. The van der Waals surface area contributed by atoms with Crippen LogP contribution in [0, 0.1) is 10.1 Å². The first-order valence-corrected chi connectivity index (χ1v) is 4.39. The van der Waals surface area contributed by atoms with E-state index < -0.39 is 4.92 Å². The van der Waals surface area contributed by atoms with Crippen LogP contribution < -0.4 is 0 Å². The highest BCUT2D eigenvalue weighted by atomic mass is 35.5. The zero-order valence-corrected chi connectivity index (χ0v) is 8.14. The van der Waals surface area contributed by atoms with Crippen LogP contribution >= 0.6 is 11.6 Å². The minimum Gasteiger partial charge on any atom is -0.443 e. The molecule has 0 unspecified atom stereocenters. The highest BCUT2D eigenvalue weighted by molar-refractivity contribution is 6.33. The summed E-state index contributed by atoms with van der Waals surface area (Å²) in [7, 11) is 0. The van der Waals surface area contributed by atoms with Crippen LogP contribution in [0.15, 0.2) is 35.2 Å². The Hall–Kier alpha value is -1.88. The third-order valence-corrected chi connectivity index (χ3v) is 2.17. The van der Waals surface area contributed by atoms with Gasteiger partial charge in [-0.2, -0.15) is 0 Å². The van der Waals surface area contributed by atoms with E-state index in [0.29, 0.717) is 11.3 Å². The number of oxazole rings is 1. The van der Waals surface area contributed by atoms with Gasteiger partial charge in [0.05, 0.1) is 16.1 Å². The molecule has 1 aromatic carbocycles. The molecule has 1 aromatic heterocycles. The molecule has 0 fully saturated rings. The summed E-state index contributed by atoms with van der Waals surface area (Å²) in [6, 6.07) is 4.17. The van der Waals surface area contributed by atoms with Crippen molar-refractivity contribution in [1.82, 2.24) is 4.98 Å². The molecule has 0 saturated heterocycles. The fourth-order valence-electron chi connectivity index (χ4n) is 1.17. The van der Waals surface area contributed by atoms with Crippen molar-refractivity contribution in [3.63, 3.8) is 0 Å². The number of hydrogen-bond donors (Lipinski definition) is 0. The summed E-state index contributed by atoms with van der Waals surface area (Å²) in [5, 5.41) is 10.7. The molecule has 6 heteroatoms. The molecule has 0 spiro atoms. The van der Waals surface area contributed by atoms with Crippen molar-refractivity contribution >= 4 is 17.3 Å². The Bertz CT molecular complexity index is 496. The summed E-state index contributed by atoms with van der Waals surface area (Å²) in [6.45, 7) is 0. The first-order valence-electron chi connectivity index (χ1n) is 4.01. The Morgan fingerprint density at radius 3 is 2.80 bits per heavy atom. The predicted molar refractivity (Wildman–Crippen MR) is 53.6 cm³/mol. The molecule has 2 aromatic rings. The fourth-order valence-corrected chi connectivity index (χ4v) is 1.43. The number of rotatable bonds is 2. The average Bonchev–Trinajstić information content (AvgIpc) is 2.70. The third kappa shape index (κ3) is 1.82. The van der Waals surface area contributed by atoms with Crippen molar-refractivity contribution < 1.29 is 9.34 Å². The lowest BCUT2D eigenvalue weighted by molar-refractivity contribution is -0.384. The van der Waals surface area contributed by atoms with Crippen molar-refractivity contribution in [3.05, 3.63) is 45.9 Å². The second kappa shape index (κ2) is 3.70. The van der Waals surface area contributed by atoms with Gasteiger partial charge in [0.2, 0.25) is 0 Å². The first-order chi connectivity index (χ1) is 7.18. The first kappa shape index (κ1) is 9.67. The van der Waals surface area contributed by atoms with Gasteiger partial charge >= 0.3 is 0 Å². The van der Waals surface area contributed by atoms with Crippen LogP contribution in [0.2, 0.25) is 5.02 Å². The molecule has 76 valence electrons. The van der Waals surface area contributed by atoms with E-state index in [1.54, 1.807) is 0 Å². The van der Waals surface area contributed by atoms with Crippen LogP contribution in [0.5, 0.6) is 0 Å². The second-order valence-corrected chi connectivity index (χ2v) is 3.19. The van der Waals surface area contributed by atoms with E-state index >= 15 is 0 Å². The standard InChI is InChI=1S/C9H5ClN2O3/c10-8-3-6(12(13)14)1-2-7(8)9-4-11-5-15-9/h1-5H. The smallest absolute Gasteiger partial charge is 0.270 e. The Kier molecular flexibility index (Phi) is 2.39. The maximum atomic E-state index is 10.5. The summed E-state index contributed by atoms with van der Waals surface area (Å²) in [6.07, 6.45) is 2.76. The van der Waals surface area contributed by atoms with Crippen LogP contribution in [0.3, 0.4) is 0 Å². The highest BCUT2D eigenvalue weighted by Gasteiger charge is 2.12. The van der Waals surface area contributed by atoms with Gasteiger partial charge in [-0.25, -0.2) is 4.98 Å². The fraction of sp³-hybridized carbons (Fsp3) is 0. The number of halogens is 1. The highest BCUT2D eigenvalue weighted by Crippen LogP contribution is 2.30. The van der Waals surface area contributed by atoms with Gasteiger partial charge in [-0.05, 0) is 6.07 Å². The van der Waals surface area contributed by atoms with Gasteiger partial charge < -0.3 is 4.42 Å². The van der Waals surface area contributed by atoms with Gasteiger partial charge in [0.1, 0.15) is 0 Å². The van der Waals surface area contributed by atoms with Crippen LogP contribution in [0.25, 0.3) is 11.3 Å². The summed E-state index contributed by atoms with van der Waals surface area (Å²) >= 11 is 5.87. The van der Waals surface area contributed by atoms with E-state index in [1.165, 1.54) is 30.8 Å². The largest absolute Gasteiger partial charge is 0.443 e. The number of hydrogen-bond acceptors (Lipinski definition) is 4. The second-order valence-electron chi connectivity index (χ2n) is 2.79. The van der Waals surface area contributed by atoms with Gasteiger partial charge in [-0.1, -0.05) is 11.6 Å². The predicted octanol–water partition coefficient (Wildman–Crippen LogP) is 2.90. The molecule has 0 bridgehead atoms. The van der Waals surface area contributed by atoms with Crippen molar-refractivity contribution in [2.75, 3.05) is 0 Å². The molecule has 15 heavy (non-hydrogen) atoms. The van der Waals surface area contributed by atoms with Gasteiger partial charge in [-0.15, -0.1) is 0 Å². The Morgan fingerprint density at radius 1 is 1.47 bits per heavy atom. The minimum atomic E-state index is -0.504. The number of benzene rings is 1. The van der Waals surface area contributed by atoms with Crippen molar-refractivity contribution in [3.8, 4) is 11.3 Å². The van der Waals surface area contributed by atoms with Crippen LogP contribution in [0.4, 0.5) is 5.69 Å². The summed E-state index contributed by atoms with van der Waals surface area (Å²) in [4.78, 5) is 13.7. The summed E-state index contributed by atoms with van der Waals surface area (Å²) in [5.41, 5.74) is 0.531. The maximum Gasteiger partial charge on any atom is 0.270 e. The molecule has 2 rings (SSSR count). The lowest BCUT2D eigenvalue weighted by atomic mass is 10.2. The van der Waals surface area contributed by atoms with Gasteiger partial charge in [-0.3, -0.25) is 10.1 Å². The van der Waals surface area contributed by atoms with E-state index in [-0.39, 0.29) is 10.7 Å². The summed E-state index contributed by atoms with van der Waals surface area (Å²) < 4.78 is 5.04. The van der Waals surface area contributed by atoms with E-state index in [2.05, 4.69) is 4.98 Å². The molecule has 0 saturated carbocycles.